The number of nitrogens with zero attached hydrogens (tertiary/aromatic N) is 2. The average molecular weight is 576 g/mol. The van der Waals surface area contributed by atoms with Gasteiger partial charge in [0.05, 0.1) is 11.7 Å². The molecule has 1 aliphatic heterocycles. The van der Waals surface area contributed by atoms with E-state index in [0.717, 1.165) is 44.1 Å². The van der Waals surface area contributed by atoms with Gasteiger partial charge in [-0.25, -0.2) is 0 Å². The van der Waals surface area contributed by atoms with Crippen LogP contribution in [-0.2, 0) is 4.79 Å². The van der Waals surface area contributed by atoms with Gasteiger partial charge >= 0.3 is 0 Å². The Bertz CT molecular complexity index is 1420. The first kappa shape index (κ1) is 25.2. The summed E-state index contributed by atoms with van der Waals surface area (Å²) in [4.78, 5) is 19.5. The molecule has 2 atom stereocenters. The molecule has 0 unspecified atom stereocenters. The van der Waals surface area contributed by atoms with Crippen LogP contribution in [0.2, 0.25) is 0 Å². The van der Waals surface area contributed by atoms with Crippen LogP contribution < -0.4 is 10.6 Å². The standard InChI is InChI=1S/C29H27BrN4O2S/c1-18-6-7-19(2)23(17-18)32-26(35)14-16-34-28(27(33-29(34)37)22-5-3-4-15-31-22)25-13-12-24(36-25)20-8-10-21(30)11-9-20/h3-13,15,17,27-28H,14,16H2,1-2H3,(H,32,35)(H,33,37)/t27-,28-/m0/s1. The van der Waals surface area contributed by atoms with E-state index >= 15 is 0 Å². The maximum atomic E-state index is 12.9. The van der Waals surface area contributed by atoms with Crippen molar-refractivity contribution in [3.8, 4) is 11.3 Å². The Morgan fingerprint density at radius 2 is 1.92 bits per heavy atom. The average Bonchev–Trinajstić information content (AvgIpc) is 3.50. The summed E-state index contributed by atoms with van der Waals surface area (Å²) >= 11 is 9.22. The quantitative estimate of drug-likeness (QED) is 0.239. The first-order valence-corrected chi connectivity index (χ1v) is 13.3. The number of rotatable bonds is 7. The summed E-state index contributed by atoms with van der Waals surface area (Å²) in [7, 11) is 0. The lowest BCUT2D eigenvalue weighted by Crippen LogP contribution is -2.32. The Morgan fingerprint density at radius 1 is 1.11 bits per heavy atom. The highest BCUT2D eigenvalue weighted by Crippen LogP contribution is 2.40. The van der Waals surface area contributed by atoms with Crippen LogP contribution >= 0.6 is 28.1 Å². The number of benzene rings is 2. The largest absolute Gasteiger partial charge is 0.459 e. The number of anilines is 1. The highest BCUT2D eigenvalue weighted by atomic mass is 79.9. The number of amides is 1. The number of aromatic nitrogens is 1. The van der Waals surface area contributed by atoms with Crippen LogP contribution in [0, 0.1) is 13.8 Å². The molecule has 3 heterocycles. The topological polar surface area (TPSA) is 70.4 Å². The van der Waals surface area contributed by atoms with Gasteiger partial charge in [0, 0.05) is 34.9 Å². The molecule has 2 aromatic carbocycles. The molecule has 1 amide bonds. The van der Waals surface area contributed by atoms with Crippen LogP contribution in [0.4, 0.5) is 5.69 Å². The monoisotopic (exact) mass is 574 g/mol. The minimum Gasteiger partial charge on any atom is -0.459 e. The van der Waals surface area contributed by atoms with E-state index in [2.05, 4.69) is 31.5 Å². The molecule has 8 heteroatoms. The SMILES string of the molecule is Cc1ccc(C)c(NC(=O)CCN2C(=S)N[C@@H](c3ccccn3)[C@@H]2c2ccc(-c3ccc(Br)cc3)o2)c1. The van der Waals surface area contributed by atoms with E-state index < -0.39 is 0 Å². The van der Waals surface area contributed by atoms with Crippen molar-refractivity contribution in [2.24, 2.45) is 0 Å². The predicted octanol–water partition coefficient (Wildman–Crippen LogP) is 6.72. The molecule has 0 radical (unpaired) electrons. The second-order valence-electron chi connectivity index (χ2n) is 9.15. The summed E-state index contributed by atoms with van der Waals surface area (Å²) in [6.45, 7) is 4.44. The van der Waals surface area contributed by atoms with E-state index in [0.29, 0.717) is 11.7 Å². The van der Waals surface area contributed by atoms with Crippen molar-refractivity contribution < 1.29 is 9.21 Å². The second-order valence-corrected chi connectivity index (χ2v) is 10.4. The van der Waals surface area contributed by atoms with Crippen molar-refractivity contribution in [2.75, 3.05) is 11.9 Å². The number of halogens is 1. The molecule has 1 aliphatic rings. The Balaban J connectivity index is 1.39. The molecule has 0 spiro atoms. The number of pyridine rings is 1. The molecule has 37 heavy (non-hydrogen) atoms. The van der Waals surface area contributed by atoms with Crippen molar-refractivity contribution in [2.45, 2.75) is 32.4 Å². The predicted molar refractivity (Wildman–Crippen MR) is 153 cm³/mol. The number of thiocarbonyl (C=S) groups is 1. The molecule has 188 valence electrons. The first-order chi connectivity index (χ1) is 17.9. The maximum absolute atomic E-state index is 12.9. The van der Waals surface area contributed by atoms with E-state index in [1.807, 2.05) is 91.5 Å². The van der Waals surface area contributed by atoms with Gasteiger partial charge in [0.25, 0.3) is 0 Å². The fourth-order valence-electron chi connectivity index (χ4n) is 4.54. The third kappa shape index (κ3) is 5.60. The summed E-state index contributed by atoms with van der Waals surface area (Å²) in [6.07, 6.45) is 2.05. The third-order valence-electron chi connectivity index (χ3n) is 6.49. The van der Waals surface area contributed by atoms with E-state index in [1.165, 1.54) is 0 Å². The maximum Gasteiger partial charge on any atom is 0.226 e. The molecule has 6 nitrogen and oxygen atoms in total. The van der Waals surface area contributed by atoms with Crippen LogP contribution in [0.25, 0.3) is 11.3 Å². The van der Waals surface area contributed by atoms with E-state index in [-0.39, 0.29) is 24.4 Å². The summed E-state index contributed by atoms with van der Waals surface area (Å²) in [5.41, 5.74) is 4.81. The number of carbonyl (C=O) groups is 1. The van der Waals surface area contributed by atoms with Crippen LogP contribution in [-0.4, -0.2) is 27.4 Å². The van der Waals surface area contributed by atoms with Crippen LogP contribution in [0.5, 0.6) is 0 Å². The number of hydrogen-bond acceptors (Lipinski definition) is 4. The lowest BCUT2D eigenvalue weighted by molar-refractivity contribution is -0.116. The van der Waals surface area contributed by atoms with Gasteiger partial charge in [-0.3, -0.25) is 9.78 Å². The van der Waals surface area contributed by atoms with Gasteiger partial charge in [0.2, 0.25) is 5.91 Å². The Labute approximate surface area is 230 Å². The van der Waals surface area contributed by atoms with Gasteiger partial charge in [0.1, 0.15) is 17.6 Å². The van der Waals surface area contributed by atoms with Crippen molar-refractivity contribution in [3.63, 3.8) is 0 Å². The lowest BCUT2D eigenvalue weighted by Gasteiger charge is -2.26. The van der Waals surface area contributed by atoms with Crippen LogP contribution in [0.15, 0.2) is 87.9 Å². The molecule has 1 fully saturated rings. The van der Waals surface area contributed by atoms with Crippen LogP contribution in [0.1, 0.15) is 41.1 Å². The zero-order chi connectivity index (χ0) is 25.9. The fraction of sp³-hybridized carbons (Fsp3) is 0.207. The lowest BCUT2D eigenvalue weighted by atomic mass is 10.0. The molecule has 2 N–H and O–H groups in total. The van der Waals surface area contributed by atoms with Gasteiger partial charge < -0.3 is 20.0 Å². The highest BCUT2D eigenvalue weighted by Gasteiger charge is 2.41. The Kier molecular flexibility index (Phi) is 7.39. The highest BCUT2D eigenvalue weighted by molar-refractivity contribution is 9.10. The summed E-state index contributed by atoms with van der Waals surface area (Å²) in [6, 6.07) is 23.3. The smallest absolute Gasteiger partial charge is 0.226 e. The zero-order valence-electron chi connectivity index (χ0n) is 20.6. The summed E-state index contributed by atoms with van der Waals surface area (Å²) in [5, 5.41) is 7.03. The summed E-state index contributed by atoms with van der Waals surface area (Å²) in [5.74, 6) is 1.47. The van der Waals surface area contributed by atoms with Gasteiger partial charge in [-0.05, 0) is 79.7 Å². The third-order valence-corrected chi connectivity index (χ3v) is 7.37. The fourth-order valence-corrected chi connectivity index (χ4v) is 5.14. The molecule has 2 aromatic heterocycles. The minimum atomic E-state index is -0.250. The first-order valence-electron chi connectivity index (χ1n) is 12.1. The molecular weight excluding hydrogens is 548 g/mol. The van der Waals surface area contributed by atoms with Gasteiger partial charge in [-0.2, -0.15) is 0 Å². The van der Waals surface area contributed by atoms with Crippen molar-refractivity contribution in [1.29, 1.82) is 0 Å². The van der Waals surface area contributed by atoms with E-state index in [1.54, 1.807) is 6.20 Å². The number of aryl methyl sites for hydroxylation is 2. The van der Waals surface area contributed by atoms with E-state index in [9.17, 15) is 4.79 Å². The molecular formula is C29H27BrN4O2S. The molecule has 0 saturated carbocycles. The van der Waals surface area contributed by atoms with Crippen LogP contribution in [0.3, 0.4) is 0 Å². The molecule has 5 rings (SSSR count). The molecule has 0 bridgehead atoms. The number of hydrogen-bond donors (Lipinski definition) is 2. The minimum absolute atomic E-state index is 0.0634. The zero-order valence-corrected chi connectivity index (χ0v) is 23.0. The number of nitrogens with one attached hydrogen (secondary N) is 2. The molecule has 1 saturated heterocycles. The van der Waals surface area contributed by atoms with E-state index in [4.69, 9.17) is 16.6 Å². The number of carbonyl (C=O) groups excluding carboxylic acids is 1. The molecule has 4 aromatic rings. The molecule has 0 aliphatic carbocycles. The Morgan fingerprint density at radius 3 is 2.68 bits per heavy atom. The van der Waals surface area contributed by atoms with Gasteiger partial charge in [0.15, 0.2) is 5.11 Å². The van der Waals surface area contributed by atoms with Gasteiger partial charge in [-0.15, -0.1) is 0 Å². The summed E-state index contributed by atoms with van der Waals surface area (Å²) < 4.78 is 7.38. The van der Waals surface area contributed by atoms with Crippen molar-refractivity contribution in [1.82, 2.24) is 15.2 Å². The number of furan rings is 1. The van der Waals surface area contributed by atoms with Crippen molar-refractivity contribution in [3.05, 3.63) is 106 Å². The normalized spacial score (nSPS) is 17.1. The van der Waals surface area contributed by atoms with Crippen molar-refractivity contribution >= 4 is 44.9 Å². The van der Waals surface area contributed by atoms with Gasteiger partial charge in [-0.1, -0.05) is 46.3 Å². The second kappa shape index (κ2) is 10.9. The Hall–Kier alpha value is -3.49.